The van der Waals surface area contributed by atoms with Crippen LogP contribution in [-0.4, -0.2) is 43.9 Å². The number of hydrogen-bond acceptors (Lipinski definition) is 3. The fourth-order valence-electron chi connectivity index (χ4n) is 2.29. The third-order valence-electron chi connectivity index (χ3n) is 3.71. The lowest BCUT2D eigenvalue weighted by atomic mass is 10.0. The third-order valence-corrected chi connectivity index (χ3v) is 3.71. The minimum Gasteiger partial charge on any atom is -0.492 e. The number of morpholine rings is 1. The largest absolute Gasteiger partial charge is 0.492 e. The van der Waals surface area contributed by atoms with Crippen LogP contribution in [0, 0.1) is 0 Å². The van der Waals surface area contributed by atoms with Crippen molar-refractivity contribution < 1.29 is 9.47 Å². The molecule has 1 atom stereocenters. The van der Waals surface area contributed by atoms with Gasteiger partial charge in [0.2, 0.25) is 0 Å². The maximum atomic E-state index is 5.87. The van der Waals surface area contributed by atoms with Crippen LogP contribution in [0.1, 0.15) is 32.3 Å². The summed E-state index contributed by atoms with van der Waals surface area (Å²) in [4.78, 5) is 2.42. The average molecular weight is 263 g/mol. The van der Waals surface area contributed by atoms with Crippen LogP contribution in [-0.2, 0) is 4.74 Å². The van der Waals surface area contributed by atoms with Gasteiger partial charge in [0.15, 0.2) is 0 Å². The highest BCUT2D eigenvalue weighted by Crippen LogP contribution is 2.19. The van der Waals surface area contributed by atoms with Crippen molar-refractivity contribution in [2.45, 2.75) is 32.7 Å². The summed E-state index contributed by atoms with van der Waals surface area (Å²) in [5, 5.41) is 0. The van der Waals surface area contributed by atoms with E-state index in [-0.39, 0.29) is 0 Å². The molecule has 0 aromatic heterocycles. The molecule has 1 aromatic rings. The maximum absolute atomic E-state index is 5.87. The Balaban J connectivity index is 1.80. The second-order valence-corrected chi connectivity index (χ2v) is 5.53. The Labute approximate surface area is 116 Å². The molecule has 0 radical (unpaired) electrons. The van der Waals surface area contributed by atoms with E-state index in [9.17, 15) is 0 Å². The lowest BCUT2D eigenvalue weighted by molar-refractivity contribution is 0.0105. The Hall–Kier alpha value is -1.06. The Morgan fingerprint density at radius 3 is 2.32 bits per heavy atom. The van der Waals surface area contributed by atoms with Crippen molar-refractivity contribution in [3.05, 3.63) is 29.8 Å². The molecular weight excluding hydrogens is 238 g/mol. The van der Waals surface area contributed by atoms with Gasteiger partial charge in [-0.1, -0.05) is 26.0 Å². The van der Waals surface area contributed by atoms with Crippen molar-refractivity contribution >= 4 is 0 Å². The Morgan fingerprint density at radius 1 is 1.11 bits per heavy atom. The molecule has 0 bridgehead atoms. The van der Waals surface area contributed by atoms with Gasteiger partial charge in [-0.15, -0.1) is 0 Å². The fourth-order valence-corrected chi connectivity index (χ4v) is 2.29. The lowest BCUT2D eigenvalue weighted by Gasteiger charge is -2.32. The molecule has 3 heteroatoms. The van der Waals surface area contributed by atoms with E-state index >= 15 is 0 Å². The second kappa shape index (κ2) is 6.92. The number of nitrogens with zero attached hydrogens (tertiary/aromatic N) is 1. The number of benzene rings is 1. The zero-order valence-electron chi connectivity index (χ0n) is 12.3. The highest BCUT2D eigenvalue weighted by Gasteiger charge is 2.17. The summed E-state index contributed by atoms with van der Waals surface area (Å²) >= 11 is 0. The molecule has 19 heavy (non-hydrogen) atoms. The zero-order valence-corrected chi connectivity index (χ0v) is 12.3. The Morgan fingerprint density at radius 2 is 1.74 bits per heavy atom. The van der Waals surface area contributed by atoms with Crippen molar-refractivity contribution in [1.29, 1.82) is 0 Å². The minimum absolute atomic E-state index is 0.439. The van der Waals surface area contributed by atoms with Crippen LogP contribution in [0.2, 0.25) is 0 Å². The van der Waals surface area contributed by atoms with Crippen molar-refractivity contribution in [3.63, 3.8) is 0 Å². The quantitative estimate of drug-likeness (QED) is 0.815. The van der Waals surface area contributed by atoms with Crippen molar-refractivity contribution in [1.82, 2.24) is 4.90 Å². The molecule has 1 heterocycles. The van der Waals surface area contributed by atoms with Crippen molar-refractivity contribution in [3.8, 4) is 5.75 Å². The van der Waals surface area contributed by atoms with Crippen LogP contribution in [0.4, 0.5) is 0 Å². The minimum atomic E-state index is 0.439. The first-order valence-corrected chi connectivity index (χ1v) is 7.21. The molecule has 0 saturated carbocycles. The normalized spacial score (nSPS) is 18.5. The van der Waals surface area contributed by atoms with Crippen LogP contribution in [0.15, 0.2) is 24.3 Å². The van der Waals surface area contributed by atoms with Gasteiger partial charge >= 0.3 is 0 Å². The van der Waals surface area contributed by atoms with E-state index in [0.29, 0.717) is 12.0 Å². The van der Waals surface area contributed by atoms with Gasteiger partial charge in [0.05, 0.1) is 13.2 Å². The molecular formula is C16H25NO2. The Bertz CT molecular complexity index is 369. The predicted molar refractivity (Wildman–Crippen MR) is 77.9 cm³/mol. The summed E-state index contributed by atoms with van der Waals surface area (Å²) in [6.45, 7) is 11.1. The second-order valence-electron chi connectivity index (χ2n) is 5.53. The molecule has 1 fully saturated rings. The van der Waals surface area contributed by atoms with Crippen LogP contribution >= 0.6 is 0 Å². The Kier molecular flexibility index (Phi) is 5.23. The number of rotatable bonds is 5. The summed E-state index contributed by atoms with van der Waals surface area (Å²) in [6, 6.07) is 8.88. The smallest absolute Gasteiger partial charge is 0.119 e. The standard InChI is InChI=1S/C16H25NO2/c1-13(2)15-4-6-16(7-5-15)19-12-14(3)17-8-10-18-11-9-17/h4-7,13-14H,8-12H2,1-3H3/t14-/m1/s1. The van der Waals surface area contributed by atoms with Crippen LogP contribution < -0.4 is 4.74 Å². The first kappa shape index (κ1) is 14.4. The highest BCUT2D eigenvalue weighted by atomic mass is 16.5. The van der Waals surface area contributed by atoms with Gasteiger partial charge in [0.1, 0.15) is 12.4 Å². The van der Waals surface area contributed by atoms with E-state index in [0.717, 1.165) is 38.7 Å². The van der Waals surface area contributed by atoms with Gasteiger partial charge in [-0.3, -0.25) is 4.90 Å². The van der Waals surface area contributed by atoms with Gasteiger partial charge in [-0.25, -0.2) is 0 Å². The molecule has 3 nitrogen and oxygen atoms in total. The maximum Gasteiger partial charge on any atom is 0.119 e. The molecule has 1 saturated heterocycles. The van der Waals surface area contributed by atoms with Crippen LogP contribution in [0.5, 0.6) is 5.75 Å². The lowest BCUT2D eigenvalue weighted by Crippen LogP contribution is -2.44. The number of hydrogen-bond donors (Lipinski definition) is 0. The third kappa shape index (κ3) is 4.22. The molecule has 1 aliphatic rings. The molecule has 1 aromatic carbocycles. The molecule has 0 amide bonds. The topological polar surface area (TPSA) is 21.7 Å². The molecule has 0 spiro atoms. The van der Waals surface area contributed by atoms with Crippen molar-refractivity contribution in [2.75, 3.05) is 32.9 Å². The van der Waals surface area contributed by atoms with Crippen molar-refractivity contribution in [2.24, 2.45) is 0 Å². The van der Waals surface area contributed by atoms with E-state index in [1.807, 2.05) is 0 Å². The van der Waals surface area contributed by atoms with E-state index < -0.39 is 0 Å². The van der Waals surface area contributed by atoms with Gasteiger partial charge in [-0.05, 0) is 30.5 Å². The summed E-state index contributed by atoms with van der Waals surface area (Å²) in [5.41, 5.74) is 1.36. The summed E-state index contributed by atoms with van der Waals surface area (Å²) in [6.07, 6.45) is 0. The molecule has 0 aliphatic carbocycles. The monoisotopic (exact) mass is 263 g/mol. The van der Waals surface area contributed by atoms with Crippen LogP contribution in [0.3, 0.4) is 0 Å². The molecule has 0 N–H and O–H groups in total. The van der Waals surface area contributed by atoms with Gasteiger partial charge < -0.3 is 9.47 Å². The first-order chi connectivity index (χ1) is 9.16. The van der Waals surface area contributed by atoms with Gasteiger partial charge in [0, 0.05) is 19.1 Å². The van der Waals surface area contributed by atoms with Gasteiger partial charge in [0.25, 0.3) is 0 Å². The fraction of sp³-hybridized carbons (Fsp3) is 0.625. The molecule has 106 valence electrons. The highest BCUT2D eigenvalue weighted by molar-refractivity contribution is 5.28. The molecule has 0 unspecified atom stereocenters. The SMILES string of the molecule is CC(C)c1ccc(OC[C@@H](C)N2CCOCC2)cc1. The zero-order chi connectivity index (χ0) is 13.7. The molecule has 1 aliphatic heterocycles. The van der Waals surface area contributed by atoms with E-state index in [2.05, 4.69) is 49.9 Å². The van der Waals surface area contributed by atoms with E-state index in [4.69, 9.17) is 9.47 Å². The summed E-state index contributed by atoms with van der Waals surface area (Å²) in [5.74, 6) is 1.53. The first-order valence-electron chi connectivity index (χ1n) is 7.21. The number of ether oxygens (including phenoxy) is 2. The van der Waals surface area contributed by atoms with E-state index in [1.54, 1.807) is 0 Å². The average Bonchev–Trinajstić information content (AvgIpc) is 2.46. The van der Waals surface area contributed by atoms with E-state index in [1.165, 1.54) is 5.56 Å². The molecule has 2 rings (SSSR count). The summed E-state index contributed by atoms with van der Waals surface area (Å²) in [7, 11) is 0. The van der Waals surface area contributed by atoms with Crippen LogP contribution in [0.25, 0.3) is 0 Å². The predicted octanol–water partition coefficient (Wildman–Crippen LogP) is 2.91. The van der Waals surface area contributed by atoms with Gasteiger partial charge in [-0.2, -0.15) is 0 Å². The summed E-state index contributed by atoms with van der Waals surface area (Å²) < 4.78 is 11.2.